The van der Waals surface area contributed by atoms with Gasteiger partial charge in [-0.25, -0.2) is 4.79 Å². The molecule has 10 heteroatoms. The molecule has 0 unspecified atom stereocenters. The van der Waals surface area contributed by atoms with E-state index in [-0.39, 0.29) is 10.1 Å². The van der Waals surface area contributed by atoms with Crippen molar-refractivity contribution in [3.8, 4) is 11.1 Å². The molecule has 0 aromatic heterocycles. The van der Waals surface area contributed by atoms with Gasteiger partial charge in [0.25, 0.3) is 5.91 Å². The highest BCUT2D eigenvalue weighted by Gasteiger charge is 2.25. The number of amides is 1. The number of hydrogen-bond acceptors (Lipinski definition) is 8. The summed E-state index contributed by atoms with van der Waals surface area (Å²) in [5.74, 6) is -1.06. The summed E-state index contributed by atoms with van der Waals surface area (Å²) in [5.41, 5.74) is 3.04. The molecule has 8 nitrogen and oxygen atoms in total. The number of nitrogens with one attached hydrogen (secondary N) is 1. The number of nitrogens with zero attached hydrogens (tertiary/aromatic N) is 2. The molecular weight excluding hydrogens is 393 g/mol. The summed E-state index contributed by atoms with van der Waals surface area (Å²) >= 11 is 0.996. The van der Waals surface area contributed by atoms with E-state index in [1.54, 1.807) is 24.3 Å². The van der Waals surface area contributed by atoms with Crippen LogP contribution in [0.4, 0.5) is 0 Å². The summed E-state index contributed by atoms with van der Waals surface area (Å²) in [6.45, 7) is 0. The summed E-state index contributed by atoms with van der Waals surface area (Å²) in [6.07, 6.45) is 2.63. The van der Waals surface area contributed by atoms with E-state index < -0.39 is 19.0 Å². The van der Waals surface area contributed by atoms with Crippen LogP contribution in [0.2, 0.25) is 0 Å². The Morgan fingerprint density at radius 2 is 1.93 bits per heavy atom. The molecule has 0 saturated carbocycles. The molecule has 0 spiro atoms. The third-order valence-corrected chi connectivity index (χ3v) is 4.79. The van der Waals surface area contributed by atoms with Crippen LogP contribution in [0.3, 0.4) is 0 Å². The maximum Gasteiger partial charge on any atom is 0.488 e. The summed E-state index contributed by atoms with van der Waals surface area (Å²) in [6, 6.07) is 14.4. The van der Waals surface area contributed by atoms with Crippen molar-refractivity contribution >= 4 is 47.6 Å². The Morgan fingerprint density at radius 3 is 2.62 bits per heavy atom. The third kappa shape index (κ3) is 5.41. The first-order chi connectivity index (χ1) is 14.0. The molecule has 1 heterocycles. The molecule has 1 fully saturated rings. The first-order valence-corrected chi connectivity index (χ1v) is 9.24. The van der Waals surface area contributed by atoms with Crippen LogP contribution < -0.4 is 10.8 Å². The molecule has 2 aromatic carbocycles. The number of benzene rings is 2. The van der Waals surface area contributed by atoms with Gasteiger partial charge in [-0.1, -0.05) is 42.5 Å². The van der Waals surface area contributed by atoms with Crippen molar-refractivity contribution in [1.82, 2.24) is 5.32 Å². The van der Waals surface area contributed by atoms with Crippen molar-refractivity contribution in [2.75, 3.05) is 7.11 Å². The maximum absolute atomic E-state index is 11.8. The van der Waals surface area contributed by atoms with E-state index in [9.17, 15) is 19.6 Å². The molecule has 0 atom stereocenters. The first kappa shape index (κ1) is 20.5. The van der Waals surface area contributed by atoms with Gasteiger partial charge in [-0.2, -0.15) is 5.10 Å². The molecule has 2 aromatic rings. The van der Waals surface area contributed by atoms with Gasteiger partial charge in [0, 0.05) is 6.08 Å². The zero-order valence-electron chi connectivity index (χ0n) is 15.3. The van der Waals surface area contributed by atoms with E-state index in [2.05, 4.69) is 20.3 Å². The molecule has 0 bridgehead atoms. The highest BCUT2D eigenvalue weighted by Crippen LogP contribution is 2.23. The molecular formula is C19H16BN3O5S. The zero-order valence-corrected chi connectivity index (χ0v) is 16.1. The smallest absolute Gasteiger partial charge is 0.466 e. The van der Waals surface area contributed by atoms with Crippen molar-refractivity contribution in [3.63, 3.8) is 0 Å². The lowest BCUT2D eigenvalue weighted by Gasteiger charge is -2.04. The van der Waals surface area contributed by atoms with Crippen LogP contribution in [0.5, 0.6) is 0 Å². The van der Waals surface area contributed by atoms with Gasteiger partial charge in [-0.3, -0.25) is 10.1 Å². The number of carbonyl (C=O) groups is 2. The minimum Gasteiger partial charge on any atom is -0.466 e. The van der Waals surface area contributed by atoms with Crippen LogP contribution in [0, 0.1) is 0 Å². The molecule has 1 aliphatic rings. The van der Waals surface area contributed by atoms with Crippen LogP contribution >= 0.6 is 11.8 Å². The van der Waals surface area contributed by atoms with Crippen LogP contribution in [0.1, 0.15) is 5.56 Å². The van der Waals surface area contributed by atoms with Gasteiger partial charge < -0.3 is 14.8 Å². The average Bonchev–Trinajstić information content (AvgIpc) is 3.07. The van der Waals surface area contributed by atoms with Crippen molar-refractivity contribution in [3.05, 3.63) is 65.1 Å². The minimum atomic E-state index is -1.50. The Bertz CT molecular complexity index is 1020. The van der Waals surface area contributed by atoms with Crippen molar-refractivity contribution in [1.29, 1.82) is 0 Å². The van der Waals surface area contributed by atoms with E-state index in [1.807, 2.05) is 24.3 Å². The third-order valence-electron chi connectivity index (χ3n) is 3.89. The minimum absolute atomic E-state index is 0.184. The van der Waals surface area contributed by atoms with Crippen molar-refractivity contribution in [2.45, 2.75) is 0 Å². The van der Waals surface area contributed by atoms with E-state index in [1.165, 1.54) is 13.3 Å². The molecule has 3 rings (SSSR count). The predicted octanol–water partition coefficient (Wildman–Crippen LogP) is 0.643. The molecule has 0 aliphatic carbocycles. The fourth-order valence-electron chi connectivity index (χ4n) is 2.44. The maximum atomic E-state index is 11.8. The number of hydrogen-bond donors (Lipinski definition) is 3. The molecule has 0 radical (unpaired) electrons. The van der Waals surface area contributed by atoms with Crippen LogP contribution in [-0.4, -0.2) is 47.5 Å². The number of carbonyl (C=O) groups excluding carboxylic acids is 2. The van der Waals surface area contributed by atoms with Gasteiger partial charge in [-0.05, 0) is 40.0 Å². The number of rotatable bonds is 5. The van der Waals surface area contributed by atoms with Crippen LogP contribution in [0.25, 0.3) is 11.1 Å². The molecule has 1 aliphatic heterocycles. The Morgan fingerprint density at radius 1 is 1.17 bits per heavy atom. The number of thioether (sulfide) groups is 1. The zero-order chi connectivity index (χ0) is 20.8. The van der Waals surface area contributed by atoms with Crippen molar-refractivity contribution < 1.29 is 24.4 Å². The van der Waals surface area contributed by atoms with Gasteiger partial charge in [0.15, 0.2) is 5.17 Å². The average molecular weight is 409 g/mol. The summed E-state index contributed by atoms with van der Waals surface area (Å²) < 4.78 is 4.50. The highest BCUT2D eigenvalue weighted by molar-refractivity contribution is 8.18. The van der Waals surface area contributed by atoms with E-state index in [4.69, 9.17) is 0 Å². The van der Waals surface area contributed by atoms with E-state index in [0.717, 1.165) is 34.5 Å². The standard InChI is InChI=1S/C19H16BN3O5S/c1-28-17(24)10-16-18(25)22-19(29-16)23-21-11-12-3-2-4-14(9-12)13-5-7-15(8-6-13)20(26)27/h2-11,26-27H,1H3,(H,22,23,25)/b16-10+,21-11?. The summed E-state index contributed by atoms with van der Waals surface area (Å²) in [7, 11) is -0.271. The van der Waals surface area contributed by atoms with Crippen LogP contribution in [-0.2, 0) is 14.3 Å². The van der Waals surface area contributed by atoms with Gasteiger partial charge >= 0.3 is 13.1 Å². The monoisotopic (exact) mass is 409 g/mol. The fourth-order valence-corrected chi connectivity index (χ4v) is 3.17. The lowest BCUT2D eigenvalue weighted by molar-refractivity contribution is -0.135. The second-order valence-electron chi connectivity index (χ2n) is 5.86. The van der Waals surface area contributed by atoms with Gasteiger partial charge in [0.2, 0.25) is 0 Å². The lowest BCUT2D eigenvalue weighted by Crippen LogP contribution is -2.29. The first-order valence-electron chi connectivity index (χ1n) is 8.42. The Kier molecular flexibility index (Phi) is 6.60. The van der Waals surface area contributed by atoms with Gasteiger partial charge in [-0.15, -0.1) is 5.10 Å². The Hall–Kier alpha value is -3.21. The fraction of sp³-hybridized carbons (Fsp3) is 0.0526. The number of esters is 1. The topological polar surface area (TPSA) is 121 Å². The van der Waals surface area contributed by atoms with Gasteiger partial charge in [0.1, 0.15) is 0 Å². The van der Waals surface area contributed by atoms with Crippen molar-refractivity contribution in [2.24, 2.45) is 10.2 Å². The second-order valence-corrected chi connectivity index (χ2v) is 6.89. The quantitative estimate of drug-likeness (QED) is 0.219. The summed E-state index contributed by atoms with van der Waals surface area (Å²) in [5, 5.41) is 29.1. The lowest BCUT2D eigenvalue weighted by atomic mass is 9.80. The Labute approximate surface area is 171 Å². The van der Waals surface area contributed by atoms with E-state index >= 15 is 0 Å². The molecule has 3 N–H and O–H groups in total. The SMILES string of the molecule is COC(=O)/C=C1/S/C(=N\N=Cc2cccc(-c3ccc(B(O)O)cc3)c2)NC1=O. The van der Waals surface area contributed by atoms with Gasteiger partial charge in [0.05, 0.1) is 18.2 Å². The number of amidine groups is 1. The number of methoxy groups -OCH3 is 1. The second kappa shape index (κ2) is 9.33. The molecule has 29 heavy (non-hydrogen) atoms. The van der Waals surface area contributed by atoms with E-state index in [0.29, 0.717) is 5.46 Å². The Balaban J connectivity index is 1.71. The largest absolute Gasteiger partial charge is 0.488 e. The normalized spacial score (nSPS) is 16.4. The molecule has 146 valence electrons. The van der Waals surface area contributed by atoms with Crippen LogP contribution in [0.15, 0.2) is 69.7 Å². The predicted molar refractivity (Wildman–Crippen MR) is 113 cm³/mol. The molecule has 1 saturated heterocycles. The molecule has 1 amide bonds. The number of ether oxygens (including phenoxy) is 1. The highest BCUT2D eigenvalue weighted by atomic mass is 32.2. The summed E-state index contributed by atoms with van der Waals surface area (Å²) in [4.78, 5) is 23.2.